The average Bonchev–Trinajstić information content (AvgIpc) is 2.29. The van der Waals surface area contributed by atoms with Crippen molar-refractivity contribution in [1.29, 1.82) is 0 Å². The third-order valence-electron chi connectivity index (χ3n) is 2.95. The van der Waals surface area contributed by atoms with E-state index in [9.17, 15) is 10.2 Å². The van der Waals surface area contributed by atoms with Crippen molar-refractivity contribution in [2.24, 2.45) is 11.7 Å². The molecule has 4 heteroatoms. The molecule has 0 fully saturated rings. The van der Waals surface area contributed by atoms with Gasteiger partial charge in [-0.1, -0.05) is 13.8 Å². The monoisotopic (exact) mass is 238 g/mol. The predicted molar refractivity (Wildman–Crippen MR) is 67.6 cm³/mol. The Hall–Kier alpha value is -1.13. The van der Waals surface area contributed by atoms with Gasteiger partial charge < -0.3 is 15.9 Å². The van der Waals surface area contributed by atoms with Crippen LogP contribution in [0.1, 0.15) is 49.6 Å². The number of nitrogens with two attached hydrogens (primary N) is 1. The van der Waals surface area contributed by atoms with E-state index in [1.165, 1.54) is 0 Å². The standard InChI is InChI=1S/C13H22N2O2/c1-8(2)4-5-11(14)12-10(7-16)6-15-9(3)13(12)17/h6,8,11,16-17H,4-5,7,14H2,1-3H3/t11-/m0/s1. The second-order valence-electron chi connectivity index (χ2n) is 4.87. The first-order chi connectivity index (χ1) is 7.97. The molecule has 1 atom stereocenters. The van der Waals surface area contributed by atoms with E-state index in [-0.39, 0.29) is 18.4 Å². The third kappa shape index (κ3) is 3.41. The van der Waals surface area contributed by atoms with Gasteiger partial charge in [0.2, 0.25) is 0 Å². The number of pyridine rings is 1. The number of hydrogen-bond donors (Lipinski definition) is 3. The molecule has 1 aromatic heterocycles. The summed E-state index contributed by atoms with van der Waals surface area (Å²) in [7, 11) is 0. The van der Waals surface area contributed by atoms with E-state index in [1.807, 2.05) is 0 Å². The predicted octanol–water partition coefficient (Wildman–Crippen LogP) is 2.02. The second kappa shape index (κ2) is 5.98. The normalized spacial score (nSPS) is 13.1. The maximum Gasteiger partial charge on any atom is 0.141 e. The summed E-state index contributed by atoms with van der Waals surface area (Å²) in [5.41, 5.74) is 7.90. The molecule has 0 aliphatic carbocycles. The first-order valence-corrected chi connectivity index (χ1v) is 6.01. The molecule has 0 spiro atoms. The number of aromatic hydroxyl groups is 1. The maximum absolute atomic E-state index is 9.99. The van der Waals surface area contributed by atoms with Crippen LogP contribution in [-0.4, -0.2) is 15.2 Å². The summed E-state index contributed by atoms with van der Waals surface area (Å²) in [5.74, 6) is 0.691. The highest BCUT2D eigenvalue weighted by Gasteiger charge is 2.18. The van der Waals surface area contributed by atoms with E-state index in [2.05, 4.69) is 18.8 Å². The number of aliphatic hydroxyl groups excluding tert-OH is 1. The van der Waals surface area contributed by atoms with Crippen LogP contribution in [-0.2, 0) is 6.61 Å². The number of aryl methyl sites for hydroxylation is 1. The lowest BCUT2D eigenvalue weighted by Gasteiger charge is -2.18. The largest absolute Gasteiger partial charge is 0.506 e. The topological polar surface area (TPSA) is 79.4 Å². The molecule has 0 unspecified atom stereocenters. The van der Waals surface area contributed by atoms with Gasteiger partial charge in [0.05, 0.1) is 12.3 Å². The average molecular weight is 238 g/mol. The number of hydrogen-bond acceptors (Lipinski definition) is 4. The van der Waals surface area contributed by atoms with E-state index < -0.39 is 0 Å². The van der Waals surface area contributed by atoms with Crippen LogP contribution in [0.25, 0.3) is 0 Å². The fourth-order valence-electron chi connectivity index (χ4n) is 1.85. The quantitative estimate of drug-likeness (QED) is 0.733. The SMILES string of the molecule is Cc1ncc(CO)c([C@@H](N)CCC(C)C)c1O. The molecule has 0 saturated heterocycles. The molecule has 0 amide bonds. The molecule has 4 N–H and O–H groups in total. The summed E-state index contributed by atoms with van der Waals surface area (Å²) in [5, 5.41) is 19.2. The lowest BCUT2D eigenvalue weighted by molar-refractivity contribution is 0.277. The summed E-state index contributed by atoms with van der Waals surface area (Å²) in [4.78, 5) is 4.02. The molecule has 1 aromatic rings. The molecule has 0 aliphatic heterocycles. The Kier molecular flexibility index (Phi) is 4.90. The fourth-order valence-corrected chi connectivity index (χ4v) is 1.85. The van der Waals surface area contributed by atoms with Crippen LogP contribution in [0.5, 0.6) is 5.75 Å². The van der Waals surface area contributed by atoms with E-state index >= 15 is 0 Å². The summed E-state index contributed by atoms with van der Waals surface area (Å²) in [6, 6.07) is -0.249. The molecular formula is C13H22N2O2. The molecular weight excluding hydrogens is 216 g/mol. The van der Waals surface area contributed by atoms with Gasteiger partial charge in [-0.3, -0.25) is 4.98 Å². The maximum atomic E-state index is 9.99. The highest BCUT2D eigenvalue weighted by atomic mass is 16.3. The number of aliphatic hydroxyl groups is 1. The van der Waals surface area contributed by atoms with Crippen LogP contribution < -0.4 is 5.73 Å². The zero-order valence-electron chi connectivity index (χ0n) is 10.8. The minimum atomic E-state index is -0.249. The van der Waals surface area contributed by atoms with Crippen LogP contribution in [0.3, 0.4) is 0 Å². The summed E-state index contributed by atoms with van der Waals surface area (Å²) < 4.78 is 0. The Balaban J connectivity index is 2.97. The summed E-state index contributed by atoms with van der Waals surface area (Å²) >= 11 is 0. The molecule has 0 bridgehead atoms. The van der Waals surface area contributed by atoms with Crippen molar-refractivity contribution in [1.82, 2.24) is 4.98 Å². The van der Waals surface area contributed by atoms with E-state index in [4.69, 9.17) is 5.73 Å². The summed E-state index contributed by atoms with van der Waals surface area (Å²) in [6.07, 6.45) is 3.37. The second-order valence-corrected chi connectivity index (χ2v) is 4.87. The van der Waals surface area contributed by atoms with Crippen molar-refractivity contribution >= 4 is 0 Å². The van der Waals surface area contributed by atoms with Crippen molar-refractivity contribution in [3.8, 4) is 5.75 Å². The van der Waals surface area contributed by atoms with Gasteiger partial charge in [0.15, 0.2) is 0 Å². The number of rotatable bonds is 5. The smallest absolute Gasteiger partial charge is 0.141 e. The minimum Gasteiger partial charge on any atom is -0.506 e. The Morgan fingerprint density at radius 3 is 2.53 bits per heavy atom. The van der Waals surface area contributed by atoms with Crippen LogP contribution in [0.4, 0.5) is 0 Å². The Morgan fingerprint density at radius 2 is 2.00 bits per heavy atom. The van der Waals surface area contributed by atoms with E-state index in [0.717, 1.165) is 12.8 Å². The fraction of sp³-hybridized carbons (Fsp3) is 0.615. The molecule has 4 nitrogen and oxygen atoms in total. The summed E-state index contributed by atoms with van der Waals surface area (Å²) in [6.45, 7) is 5.86. The van der Waals surface area contributed by atoms with Crippen molar-refractivity contribution in [2.45, 2.75) is 46.3 Å². The van der Waals surface area contributed by atoms with Gasteiger partial charge in [0.25, 0.3) is 0 Å². The van der Waals surface area contributed by atoms with Gasteiger partial charge in [0, 0.05) is 23.4 Å². The Bertz CT molecular complexity index is 378. The minimum absolute atomic E-state index is 0.118. The molecule has 17 heavy (non-hydrogen) atoms. The zero-order valence-corrected chi connectivity index (χ0v) is 10.8. The van der Waals surface area contributed by atoms with Crippen LogP contribution in [0.2, 0.25) is 0 Å². The van der Waals surface area contributed by atoms with Gasteiger partial charge in [-0.2, -0.15) is 0 Å². The molecule has 1 rings (SSSR count). The lowest BCUT2D eigenvalue weighted by atomic mass is 9.94. The van der Waals surface area contributed by atoms with Crippen LogP contribution >= 0.6 is 0 Å². The highest BCUT2D eigenvalue weighted by molar-refractivity contribution is 5.42. The van der Waals surface area contributed by atoms with Gasteiger partial charge in [-0.15, -0.1) is 0 Å². The third-order valence-corrected chi connectivity index (χ3v) is 2.95. The number of aromatic nitrogens is 1. The van der Waals surface area contributed by atoms with Gasteiger partial charge in [-0.05, 0) is 25.7 Å². The first-order valence-electron chi connectivity index (χ1n) is 6.01. The molecule has 0 aliphatic rings. The molecule has 0 radical (unpaired) electrons. The van der Waals surface area contributed by atoms with Crippen molar-refractivity contribution in [3.05, 3.63) is 23.0 Å². The van der Waals surface area contributed by atoms with Gasteiger partial charge in [0.1, 0.15) is 5.75 Å². The van der Waals surface area contributed by atoms with Crippen molar-refractivity contribution in [2.75, 3.05) is 0 Å². The Morgan fingerprint density at radius 1 is 1.35 bits per heavy atom. The number of nitrogens with zero attached hydrogens (tertiary/aromatic N) is 1. The molecule has 1 heterocycles. The first kappa shape index (κ1) is 13.9. The van der Waals surface area contributed by atoms with E-state index in [0.29, 0.717) is 22.7 Å². The molecule has 0 saturated carbocycles. The van der Waals surface area contributed by atoms with E-state index in [1.54, 1.807) is 13.1 Å². The zero-order chi connectivity index (χ0) is 13.0. The molecule has 96 valence electrons. The Labute approximate surface area is 102 Å². The van der Waals surface area contributed by atoms with Gasteiger partial charge in [-0.25, -0.2) is 0 Å². The molecule has 0 aromatic carbocycles. The lowest BCUT2D eigenvalue weighted by Crippen LogP contribution is -2.15. The van der Waals surface area contributed by atoms with Crippen molar-refractivity contribution < 1.29 is 10.2 Å². The van der Waals surface area contributed by atoms with Gasteiger partial charge >= 0.3 is 0 Å². The highest BCUT2D eigenvalue weighted by Crippen LogP contribution is 2.31. The van der Waals surface area contributed by atoms with Crippen LogP contribution in [0, 0.1) is 12.8 Å². The van der Waals surface area contributed by atoms with Crippen molar-refractivity contribution in [3.63, 3.8) is 0 Å². The van der Waals surface area contributed by atoms with Crippen LogP contribution in [0.15, 0.2) is 6.20 Å².